The van der Waals surface area contributed by atoms with Crippen LogP contribution in [0.2, 0.25) is 0 Å². The molecule has 0 aromatic heterocycles. The molecule has 0 aliphatic carbocycles. The van der Waals surface area contributed by atoms with Crippen molar-refractivity contribution >= 4 is 6.09 Å². The molecule has 1 heterocycles. The average Bonchev–Trinajstić information content (AvgIpc) is 2.68. The van der Waals surface area contributed by atoms with Gasteiger partial charge in [0.25, 0.3) is 0 Å². The van der Waals surface area contributed by atoms with Gasteiger partial charge in [-0.3, -0.25) is 0 Å². The zero-order valence-corrected chi connectivity index (χ0v) is 12.2. The fourth-order valence-corrected chi connectivity index (χ4v) is 2.26. The van der Waals surface area contributed by atoms with Crippen LogP contribution in [0.15, 0.2) is 18.2 Å². The molecule has 2 rings (SSSR count). The van der Waals surface area contributed by atoms with Gasteiger partial charge in [-0.2, -0.15) is 0 Å². The Bertz CT molecular complexity index is 505. The van der Waals surface area contributed by atoms with Gasteiger partial charge in [-0.05, 0) is 30.0 Å². The summed E-state index contributed by atoms with van der Waals surface area (Å²) in [5, 5.41) is 2.70. The Balaban J connectivity index is 2.51. The summed E-state index contributed by atoms with van der Waals surface area (Å²) >= 11 is 0. The van der Waals surface area contributed by atoms with Crippen molar-refractivity contribution in [2.24, 2.45) is 0 Å². The number of amides is 1. The van der Waals surface area contributed by atoms with E-state index >= 15 is 0 Å². The number of ether oxygens (including phenoxy) is 2. The maximum absolute atomic E-state index is 11.3. The maximum atomic E-state index is 11.3. The summed E-state index contributed by atoms with van der Waals surface area (Å²) in [6.07, 6.45) is -0.384. The van der Waals surface area contributed by atoms with E-state index in [1.807, 2.05) is 13.0 Å². The molecular formula is C15H21NO3. The highest BCUT2D eigenvalue weighted by atomic mass is 16.6. The van der Waals surface area contributed by atoms with Crippen molar-refractivity contribution in [1.82, 2.24) is 5.32 Å². The van der Waals surface area contributed by atoms with Crippen molar-refractivity contribution in [2.45, 2.75) is 38.7 Å². The largest absolute Gasteiger partial charge is 0.496 e. The smallest absolute Gasteiger partial charge is 0.408 e. The molecule has 1 atom stereocenters. The molecule has 1 unspecified atom stereocenters. The minimum Gasteiger partial charge on any atom is -0.496 e. The molecule has 1 amide bonds. The van der Waals surface area contributed by atoms with Gasteiger partial charge < -0.3 is 14.8 Å². The molecule has 104 valence electrons. The number of carbonyl (C=O) groups is 1. The summed E-state index contributed by atoms with van der Waals surface area (Å²) in [7, 11) is 1.63. The fourth-order valence-electron chi connectivity index (χ4n) is 2.26. The first kappa shape index (κ1) is 13.7. The number of benzene rings is 1. The van der Waals surface area contributed by atoms with Crippen molar-refractivity contribution < 1.29 is 14.3 Å². The number of hydrogen-bond acceptors (Lipinski definition) is 3. The lowest BCUT2D eigenvalue weighted by molar-refractivity contribution is 0.0682. The summed E-state index contributed by atoms with van der Waals surface area (Å²) < 4.78 is 10.8. The van der Waals surface area contributed by atoms with E-state index in [4.69, 9.17) is 9.47 Å². The van der Waals surface area contributed by atoms with Gasteiger partial charge in [0.2, 0.25) is 0 Å². The topological polar surface area (TPSA) is 47.6 Å². The first-order valence-corrected chi connectivity index (χ1v) is 6.42. The van der Waals surface area contributed by atoms with E-state index in [1.54, 1.807) is 7.11 Å². The van der Waals surface area contributed by atoms with Gasteiger partial charge >= 0.3 is 6.09 Å². The van der Waals surface area contributed by atoms with E-state index in [0.717, 1.165) is 11.3 Å². The third kappa shape index (κ3) is 2.53. The summed E-state index contributed by atoms with van der Waals surface area (Å²) in [4.78, 5) is 11.3. The fraction of sp³-hybridized carbons (Fsp3) is 0.533. The summed E-state index contributed by atoms with van der Waals surface area (Å²) in [6.45, 7) is 8.81. The van der Waals surface area contributed by atoms with E-state index in [0.29, 0.717) is 6.54 Å². The normalized spacial score (nSPS) is 22.9. The number of alkyl carbamates (subject to hydrolysis) is 1. The summed E-state index contributed by atoms with van der Waals surface area (Å²) in [5.41, 5.74) is 1.45. The van der Waals surface area contributed by atoms with Crippen molar-refractivity contribution in [3.8, 4) is 5.75 Å². The molecule has 0 bridgehead atoms. The van der Waals surface area contributed by atoms with E-state index in [1.165, 1.54) is 5.56 Å². The van der Waals surface area contributed by atoms with Gasteiger partial charge in [-0.1, -0.05) is 26.8 Å². The predicted octanol–water partition coefficient (Wildman–Crippen LogP) is 2.95. The zero-order chi connectivity index (χ0) is 14.3. The van der Waals surface area contributed by atoms with Crippen LogP contribution in [0.5, 0.6) is 5.75 Å². The Morgan fingerprint density at radius 1 is 1.37 bits per heavy atom. The Morgan fingerprint density at radius 2 is 2.05 bits per heavy atom. The van der Waals surface area contributed by atoms with Crippen LogP contribution >= 0.6 is 0 Å². The molecular weight excluding hydrogens is 242 g/mol. The van der Waals surface area contributed by atoms with Crippen LogP contribution in [0.1, 0.15) is 38.8 Å². The molecule has 0 radical (unpaired) electrons. The van der Waals surface area contributed by atoms with E-state index in [9.17, 15) is 4.79 Å². The number of methoxy groups -OCH3 is 1. The van der Waals surface area contributed by atoms with Crippen LogP contribution in [-0.4, -0.2) is 19.7 Å². The first-order valence-electron chi connectivity index (χ1n) is 6.42. The number of carbonyl (C=O) groups excluding carboxylic acids is 1. The molecule has 0 spiro atoms. The number of rotatable bonds is 2. The Labute approximate surface area is 114 Å². The quantitative estimate of drug-likeness (QED) is 0.892. The van der Waals surface area contributed by atoms with Crippen LogP contribution in [0.3, 0.4) is 0 Å². The highest BCUT2D eigenvalue weighted by molar-refractivity contribution is 5.71. The lowest BCUT2D eigenvalue weighted by Gasteiger charge is -2.27. The molecule has 1 N–H and O–H groups in total. The van der Waals surface area contributed by atoms with Gasteiger partial charge in [-0.25, -0.2) is 4.79 Å². The van der Waals surface area contributed by atoms with Gasteiger partial charge in [0.15, 0.2) is 5.60 Å². The predicted molar refractivity (Wildman–Crippen MR) is 73.5 cm³/mol. The first-order chi connectivity index (χ1) is 8.76. The molecule has 1 aromatic carbocycles. The van der Waals surface area contributed by atoms with Crippen LogP contribution in [0, 0.1) is 0 Å². The van der Waals surface area contributed by atoms with Gasteiger partial charge in [0.1, 0.15) is 5.75 Å². The molecule has 0 saturated carbocycles. The maximum Gasteiger partial charge on any atom is 0.408 e. The van der Waals surface area contributed by atoms with Crippen molar-refractivity contribution in [3.05, 3.63) is 29.3 Å². The molecule has 4 nitrogen and oxygen atoms in total. The van der Waals surface area contributed by atoms with Crippen LogP contribution in [0.25, 0.3) is 0 Å². The minimum atomic E-state index is -0.677. The summed E-state index contributed by atoms with van der Waals surface area (Å²) in [6, 6.07) is 6.06. The average molecular weight is 263 g/mol. The lowest BCUT2D eigenvalue weighted by Crippen LogP contribution is -2.27. The van der Waals surface area contributed by atoms with Crippen LogP contribution in [0.4, 0.5) is 4.79 Å². The molecule has 19 heavy (non-hydrogen) atoms. The van der Waals surface area contributed by atoms with E-state index < -0.39 is 5.60 Å². The molecule has 4 heteroatoms. The molecule has 1 saturated heterocycles. The number of hydrogen-bond donors (Lipinski definition) is 1. The van der Waals surface area contributed by atoms with Crippen LogP contribution in [-0.2, 0) is 15.8 Å². The van der Waals surface area contributed by atoms with Gasteiger partial charge in [-0.15, -0.1) is 0 Å². The standard InChI is InChI=1S/C15H21NO3/c1-14(2,3)10-6-7-12(18-5)11(8-10)15(4)9-16-13(17)19-15/h6-8H,9H2,1-5H3,(H,16,17). The van der Waals surface area contributed by atoms with Crippen molar-refractivity contribution in [2.75, 3.05) is 13.7 Å². The molecule has 1 fully saturated rings. The van der Waals surface area contributed by atoms with Crippen LogP contribution < -0.4 is 10.1 Å². The third-order valence-electron chi connectivity index (χ3n) is 3.52. The van der Waals surface area contributed by atoms with Gasteiger partial charge in [0.05, 0.1) is 13.7 Å². The highest BCUT2D eigenvalue weighted by Crippen LogP contribution is 2.37. The Kier molecular flexibility index (Phi) is 3.20. The lowest BCUT2D eigenvalue weighted by atomic mass is 9.83. The zero-order valence-electron chi connectivity index (χ0n) is 12.2. The second-order valence-corrected chi connectivity index (χ2v) is 6.14. The van der Waals surface area contributed by atoms with E-state index in [2.05, 4.69) is 38.2 Å². The monoisotopic (exact) mass is 263 g/mol. The molecule has 1 aromatic rings. The second kappa shape index (κ2) is 4.44. The second-order valence-electron chi connectivity index (χ2n) is 6.14. The Morgan fingerprint density at radius 3 is 2.53 bits per heavy atom. The molecule has 1 aliphatic rings. The Hall–Kier alpha value is -1.71. The van der Waals surface area contributed by atoms with Crippen molar-refractivity contribution in [1.29, 1.82) is 0 Å². The van der Waals surface area contributed by atoms with Gasteiger partial charge in [0, 0.05) is 5.56 Å². The number of nitrogens with one attached hydrogen (secondary N) is 1. The van der Waals surface area contributed by atoms with E-state index in [-0.39, 0.29) is 11.5 Å². The van der Waals surface area contributed by atoms with Crippen molar-refractivity contribution in [3.63, 3.8) is 0 Å². The summed E-state index contributed by atoms with van der Waals surface area (Å²) in [5.74, 6) is 0.743. The SMILES string of the molecule is COc1ccc(C(C)(C)C)cc1C1(C)CNC(=O)O1. The number of cyclic esters (lactones) is 1. The molecule has 1 aliphatic heterocycles. The highest BCUT2D eigenvalue weighted by Gasteiger charge is 2.40. The third-order valence-corrected chi connectivity index (χ3v) is 3.52. The minimum absolute atomic E-state index is 0.0351.